The van der Waals surface area contributed by atoms with Crippen LogP contribution in [0.2, 0.25) is 0 Å². The molecule has 5 nitrogen and oxygen atoms in total. The van der Waals surface area contributed by atoms with E-state index in [2.05, 4.69) is 0 Å². The van der Waals surface area contributed by atoms with Gasteiger partial charge in [-0.05, 0) is 29.8 Å². The molecule has 0 fully saturated rings. The fourth-order valence-electron chi connectivity index (χ4n) is 2.69. The Kier molecular flexibility index (Phi) is 4.10. The van der Waals surface area contributed by atoms with Gasteiger partial charge in [-0.25, -0.2) is 0 Å². The molecular formula is C18H18O5. The van der Waals surface area contributed by atoms with Crippen LogP contribution in [0.25, 0.3) is 0 Å². The topological polar surface area (TPSA) is 54.0 Å². The first-order valence-corrected chi connectivity index (χ1v) is 7.26. The number of benzene rings is 2. The Morgan fingerprint density at radius 1 is 0.957 bits per heavy atom. The zero-order valence-corrected chi connectivity index (χ0v) is 13.3. The number of carbonyl (C=O) groups is 1. The summed E-state index contributed by atoms with van der Waals surface area (Å²) in [6.45, 7) is 0. The molecule has 5 heteroatoms. The molecule has 2 aromatic rings. The number of ketones is 1. The smallest absolute Gasteiger partial charge is 0.207 e. The standard InChI is InChI=1S/C18H18O5/c1-20-12-6-4-11(5-7-12)10-15-16(19)13-8-9-14(21-2)18(22-3)17(13)23-15/h4-9,15H,10H2,1-3H3. The van der Waals surface area contributed by atoms with Gasteiger partial charge < -0.3 is 18.9 Å². The van der Waals surface area contributed by atoms with Crippen LogP contribution in [0.4, 0.5) is 0 Å². The van der Waals surface area contributed by atoms with Gasteiger partial charge in [0.05, 0.1) is 26.9 Å². The molecular weight excluding hydrogens is 296 g/mol. The highest BCUT2D eigenvalue weighted by atomic mass is 16.5. The average molecular weight is 314 g/mol. The molecule has 0 aliphatic carbocycles. The third-order valence-corrected chi connectivity index (χ3v) is 3.90. The van der Waals surface area contributed by atoms with Crippen LogP contribution in [0.15, 0.2) is 36.4 Å². The van der Waals surface area contributed by atoms with Crippen LogP contribution in [-0.2, 0) is 6.42 Å². The van der Waals surface area contributed by atoms with Crippen LogP contribution in [0, 0.1) is 0 Å². The van der Waals surface area contributed by atoms with Crippen LogP contribution in [0.1, 0.15) is 15.9 Å². The molecule has 1 aliphatic rings. The fraction of sp³-hybridized carbons (Fsp3) is 0.278. The molecule has 0 radical (unpaired) electrons. The maximum absolute atomic E-state index is 12.5. The van der Waals surface area contributed by atoms with E-state index in [-0.39, 0.29) is 5.78 Å². The molecule has 3 rings (SSSR count). The highest BCUT2D eigenvalue weighted by Gasteiger charge is 2.36. The van der Waals surface area contributed by atoms with Crippen LogP contribution >= 0.6 is 0 Å². The summed E-state index contributed by atoms with van der Waals surface area (Å²) in [5, 5.41) is 0. The molecule has 0 spiro atoms. The highest BCUT2D eigenvalue weighted by molar-refractivity contribution is 6.05. The fourth-order valence-corrected chi connectivity index (χ4v) is 2.69. The van der Waals surface area contributed by atoms with Crippen molar-refractivity contribution in [3.8, 4) is 23.0 Å². The molecule has 0 aromatic heterocycles. The Balaban J connectivity index is 1.85. The largest absolute Gasteiger partial charge is 0.497 e. The minimum absolute atomic E-state index is 0.0447. The third kappa shape index (κ3) is 2.70. The first-order chi connectivity index (χ1) is 11.2. The summed E-state index contributed by atoms with van der Waals surface area (Å²) >= 11 is 0. The molecule has 0 saturated carbocycles. The zero-order valence-electron chi connectivity index (χ0n) is 13.3. The Labute approximate surface area is 134 Å². The Bertz CT molecular complexity index is 721. The van der Waals surface area contributed by atoms with Crippen molar-refractivity contribution in [1.29, 1.82) is 0 Å². The van der Waals surface area contributed by atoms with Crippen molar-refractivity contribution in [3.05, 3.63) is 47.5 Å². The van der Waals surface area contributed by atoms with E-state index >= 15 is 0 Å². The summed E-state index contributed by atoms with van der Waals surface area (Å²) in [4.78, 5) is 12.5. The minimum Gasteiger partial charge on any atom is -0.497 e. The monoisotopic (exact) mass is 314 g/mol. The molecule has 0 amide bonds. The second-order valence-electron chi connectivity index (χ2n) is 5.20. The predicted octanol–water partition coefficient (Wildman–Crippen LogP) is 2.90. The minimum atomic E-state index is -0.556. The molecule has 23 heavy (non-hydrogen) atoms. The van der Waals surface area contributed by atoms with E-state index in [4.69, 9.17) is 18.9 Å². The van der Waals surface area contributed by atoms with Gasteiger partial charge in [0.2, 0.25) is 11.5 Å². The maximum atomic E-state index is 12.5. The number of rotatable bonds is 5. The summed E-state index contributed by atoms with van der Waals surface area (Å²) in [7, 11) is 4.70. The van der Waals surface area contributed by atoms with Gasteiger partial charge in [0.15, 0.2) is 17.6 Å². The van der Waals surface area contributed by atoms with E-state index in [9.17, 15) is 4.79 Å². The number of fused-ring (bicyclic) bond motifs is 1. The SMILES string of the molecule is COc1ccc(CC2Oc3c(ccc(OC)c3OC)C2=O)cc1. The first-order valence-electron chi connectivity index (χ1n) is 7.26. The zero-order chi connectivity index (χ0) is 16.4. The highest BCUT2D eigenvalue weighted by Crippen LogP contribution is 2.44. The number of Topliss-reactive ketones (excluding diaryl/α,β-unsaturated/α-hetero) is 1. The molecule has 2 aromatic carbocycles. The summed E-state index contributed by atoms with van der Waals surface area (Å²) in [6.07, 6.45) is -0.0670. The van der Waals surface area contributed by atoms with Crippen molar-refractivity contribution in [1.82, 2.24) is 0 Å². The lowest BCUT2D eigenvalue weighted by Crippen LogP contribution is -2.23. The number of ether oxygens (including phenoxy) is 4. The molecule has 1 aliphatic heterocycles. The van der Waals surface area contributed by atoms with Gasteiger partial charge in [0.1, 0.15) is 5.75 Å². The number of hydrogen-bond donors (Lipinski definition) is 0. The second kappa shape index (κ2) is 6.20. The summed E-state index contributed by atoms with van der Waals surface area (Å²) < 4.78 is 21.6. The van der Waals surface area contributed by atoms with Crippen molar-refractivity contribution in [2.24, 2.45) is 0 Å². The molecule has 0 saturated heterocycles. The van der Waals surface area contributed by atoms with Crippen molar-refractivity contribution in [2.45, 2.75) is 12.5 Å². The van der Waals surface area contributed by atoms with Gasteiger partial charge >= 0.3 is 0 Å². The van der Waals surface area contributed by atoms with Crippen LogP contribution in [-0.4, -0.2) is 33.2 Å². The van der Waals surface area contributed by atoms with Gasteiger partial charge in [0.25, 0.3) is 0 Å². The van der Waals surface area contributed by atoms with E-state index in [0.29, 0.717) is 29.2 Å². The predicted molar refractivity (Wildman–Crippen MR) is 85.0 cm³/mol. The molecule has 1 unspecified atom stereocenters. The normalized spacial score (nSPS) is 15.8. The second-order valence-corrected chi connectivity index (χ2v) is 5.20. The van der Waals surface area contributed by atoms with Gasteiger partial charge in [-0.15, -0.1) is 0 Å². The van der Waals surface area contributed by atoms with Gasteiger partial charge in [-0.1, -0.05) is 12.1 Å². The Hall–Kier alpha value is -2.69. The lowest BCUT2D eigenvalue weighted by Gasteiger charge is -2.13. The van der Waals surface area contributed by atoms with Crippen molar-refractivity contribution >= 4 is 5.78 Å². The molecule has 1 atom stereocenters. The number of hydrogen-bond acceptors (Lipinski definition) is 5. The van der Waals surface area contributed by atoms with E-state index in [1.165, 1.54) is 7.11 Å². The van der Waals surface area contributed by atoms with Crippen LogP contribution in [0.5, 0.6) is 23.0 Å². The van der Waals surface area contributed by atoms with Crippen LogP contribution < -0.4 is 18.9 Å². The average Bonchev–Trinajstić information content (AvgIpc) is 2.90. The summed E-state index contributed by atoms with van der Waals surface area (Å²) in [5.41, 5.74) is 1.53. The van der Waals surface area contributed by atoms with Crippen molar-refractivity contribution < 1.29 is 23.7 Å². The molecule has 120 valence electrons. The van der Waals surface area contributed by atoms with Gasteiger partial charge in [-0.3, -0.25) is 4.79 Å². The van der Waals surface area contributed by atoms with E-state index in [1.807, 2.05) is 24.3 Å². The first kappa shape index (κ1) is 15.2. The summed E-state index contributed by atoms with van der Waals surface area (Å²) in [5.74, 6) is 2.19. The molecule has 1 heterocycles. The molecule has 0 N–H and O–H groups in total. The number of carbonyl (C=O) groups excluding carboxylic acids is 1. The Morgan fingerprint density at radius 3 is 2.30 bits per heavy atom. The van der Waals surface area contributed by atoms with Gasteiger partial charge in [-0.2, -0.15) is 0 Å². The van der Waals surface area contributed by atoms with Crippen molar-refractivity contribution in [2.75, 3.05) is 21.3 Å². The van der Waals surface area contributed by atoms with Crippen molar-refractivity contribution in [3.63, 3.8) is 0 Å². The van der Waals surface area contributed by atoms with Gasteiger partial charge in [0, 0.05) is 6.42 Å². The third-order valence-electron chi connectivity index (χ3n) is 3.90. The lowest BCUT2D eigenvalue weighted by molar-refractivity contribution is 0.0855. The van der Waals surface area contributed by atoms with E-state index < -0.39 is 6.10 Å². The molecule has 0 bridgehead atoms. The number of methoxy groups -OCH3 is 3. The van der Waals surface area contributed by atoms with Crippen LogP contribution in [0.3, 0.4) is 0 Å². The maximum Gasteiger partial charge on any atom is 0.207 e. The summed E-state index contributed by atoms with van der Waals surface area (Å²) in [6, 6.07) is 11.0. The quantitative estimate of drug-likeness (QED) is 0.849. The lowest BCUT2D eigenvalue weighted by atomic mass is 10.0. The van der Waals surface area contributed by atoms with E-state index in [1.54, 1.807) is 26.4 Å². The van der Waals surface area contributed by atoms with E-state index in [0.717, 1.165) is 11.3 Å². The Morgan fingerprint density at radius 2 is 1.70 bits per heavy atom.